The van der Waals surface area contributed by atoms with E-state index in [4.69, 9.17) is 4.74 Å². The summed E-state index contributed by atoms with van der Waals surface area (Å²) in [6.45, 7) is 4.54. The molecule has 0 spiro atoms. The molecule has 27 heavy (non-hydrogen) atoms. The maximum Gasteiger partial charge on any atom is 0.251 e. The predicted molar refractivity (Wildman–Crippen MR) is 110 cm³/mol. The molecule has 2 aromatic carbocycles. The Balaban J connectivity index is 1.59. The summed E-state index contributed by atoms with van der Waals surface area (Å²) in [5.41, 5.74) is 4.68. The standard InChI is InChI=1S/C21H22BrN3O2/c1-14-20(22)15(2)25(24-14)18-8-6-17(7-9-18)21(26)23-13-12-16-4-10-19(27-3)11-5-16/h4-11H,12-13H2,1-3H3,(H,23,26). The van der Waals surface area contributed by atoms with E-state index >= 15 is 0 Å². The van der Waals surface area contributed by atoms with Gasteiger partial charge in [0.25, 0.3) is 5.91 Å². The second kappa shape index (κ2) is 8.39. The number of carbonyl (C=O) groups excluding carboxylic acids is 1. The van der Waals surface area contributed by atoms with Gasteiger partial charge in [0, 0.05) is 12.1 Å². The molecular weight excluding hydrogens is 406 g/mol. The number of methoxy groups -OCH3 is 1. The summed E-state index contributed by atoms with van der Waals surface area (Å²) >= 11 is 3.54. The van der Waals surface area contributed by atoms with Crippen molar-refractivity contribution in [2.75, 3.05) is 13.7 Å². The van der Waals surface area contributed by atoms with Crippen LogP contribution < -0.4 is 10.1 Å². The van der Waals surface area contributed by atoms with Gasteiger partial charge in [0.15, 0.2) is 0 Å². The third-order valence-electron chi connectivity index (χ3n) is 4.44. The van der Waals surface area contributed by atoms with Gasteiger partial charge in [0.05, 0.1) is 28.7 Å². The summed E-state index contributed by atoms with van der Waals surface area (Å²) in [5.74, 6) is 0.752. The Morgan fingerprint density at radius 2 is 1.78 bits per heavy atom. The van der Waals surface area contributed by atoms with Crippen molar-refractivity contribution in [3.8, 4) is 11.4 Å². The van der Waals surface area contributed by atoms with Crippen molar-refractivity contribution in [3.63, 3.8) is 0 Å². The first-order valence-corrected chi connectivity index (χ1v) is 9.52. The monoisotopic (exact) mass is 427 g/mol. The summed E-state index contributed by atoms with van der Waals surface area (Å²) in [4.78, 5) is 12.3. The number of carbonyl (C=O) groups is 1. The van der Waals surface area contributed by atoms with Gasteiger partial charge >= 0.3 is 0 Å². The minimum absolute atomic E-state index is 0.0791. The second-order valence-electron chi connectivity index (χ2n) is 6.30. The molecule has 0 unspecified atom stereocenters. The van der Waals surface area contributed by atoms with Crippen molar-refractivity contribution in [1.82, 2.24) is 15.1 Å². The van der Waals surface area contributed by atoms with E-state index in [2.05, 4.69) is 26.3 Å². The lowest BCUT2D eigenvalue weighted by atomic mass is 10.1. The fourth-order valence-electron chi connectivity index (χ4n) is 2.84. The van der Waals surface area contributed by atoms with E-state index in [1.165, 1.54) is 0 Å². The summed E-state index contributed by atoms with van der Waals surface area (Å²) in [7, 11) is 1.65. The lowest BCUT2D eigenvalue weighted by molar-refractivity contribution is 0.0954. The highest BCUT2D eigenvalue weighted by Crippen LogP contribution is 2.23. The number of nitrogens with zero attached hydrogens (tertiary/aromatic N) is 2. The topological polar surface area (TPSA) is 56.1 Å². The molecule has 3 rings (SSSR count). The van der Waals surface area contributed by atoms with Gasteiger partial charge in [-0.2, -0.15) is 5.10 Å². The quantitative estimate of drug-likeness (QED) is 0.639. The molecule has 0 aliphatic rings. The van der Waals surface area contributed by atoms with Gasteiger partial charge in [-0.3, -0.25) is 4.79 Å². The summed E-state index contributed by atoms with van der Waals surface area (Å²) in [5, 5.41) is 7.47. The van der Waals surface area contributed by atoms with E-state index < -0.39 is 0 Å². The second-order valence-corrected chi connectivity index (χ2v) is 7.09. The van der Waals surface area contributed by atoms with Crippen LogP contribution in [0.15, 0.2) is 53.0 Å². The van der Waals surface area contributed by atoms with Crippen LogP contribution in [0.5, 0.6) is 5.75 Å². The fraction of sp³-hybridized carbons (Fsp3) is 0.238. The number of hydrogen-bond donors (Lipinski definition) is 1. The summed E-state index contributed by atoms with van der Waals surface area (Å²) in [6, 6.07) is 15.3. The molecule has 1 amide bonds. The third-order valence-corrected chi connectivity index (χ3v) is 5.58. The molecule has 6 heteroatoms. The van der Waals surface area contributed by atoms with E-state index in [0.717, 1.165) is 39.3 Å². The van der Waals surface area contributed by atoms with Crippen molar-refractivity contribution in [1.29, 1.82) is 0 Å². The van der Waals surface area contributed by atoms with Gasteiger partial charge < -0.3 is 10.1 Å². The molecule has 0 atom stereocenters. The van der Waals surface area contributed by atoms with Crippen molar-refractivity contribution in [3.05, 3.63) is 75.5 Å². The molecule has 3 aromatic rings. The lowest BCUT2D eigenvalue weighted by Gasteiger charge is -2.08. The molecule has 0 bridgehead atoms. The Labute approximate surface area is 167 Å². The largest absolute Gasteiger partial charge is 0.497 e. The molecular formula is C21H22BrN3O2. The van der Waals surface area contributed by atoms with Gasteiger partial charge in [0.1, 0.15) is 5.75 Å². The number of hydrogen-bond acceptors (Lipinski definition) is 3. The Hall–Kier alpha value is -2.60. The van der Waals surface area contributed by atoms with Crippen molar-refractivity contribution in [2.24, 2.45) is 0 Å². The van der Waals surface area contributed by atoms with Crippen molar-refractivity contribution in [2.45, 2.75) is 20.3 Å². The maximum atomic E-state index is 12.3. The van der Waals surface area contributed by atoms with Crippen LogP contribution in [0.2, 0.25) is 0 Å². The fourth-order valence-corrected chi connectivity index (χ4v) is 3.09. The minimum Gasteiger partial charge on any atom is -0.497 e. The average Bonchev–Trinajstić information content (AvgIpc) is 2.96. The van der Waals surface area contributed by atoms with Crippen LogP contribution in [0.3, 0.4) is 0 Å². The van der Waals surface area contributed by atoms with Crippen LogP contribution in [-0.4, -0.2) is 29.3 Å². The summed E-state index contributed by atoms with van der Waals surface area (Å²) < 4.78 is 8.02. The highest BCUT2D eigenvalue weighted by molar-refractivity contribution is 9.10. The first-order valence-electron chi connectivity index (χ1n) is 8.73. The van der Waals surface area contributed by atoms with Crippen LogP contribution in [0.1, 0.15) is 27.3 Å². The predicted octanol–water partition coefficient (Wildman–Crippen LogP) is 4.23. The van der Waals surface area contributed by atoms with Gasteiger partial charge in [-0.15, -0.1) is 0 Å². The number of ether oxygens (including phenoxy) is 1. The maximum absolute atomic E-state index is 12.3. The van der Waals surface area contributed by atoms with Gasteiger partial charge in [-0.1, -0.05) is 12.1 Å². The number of rotatable bonds is 6. The van der Waals surface area contributed by atoms with Gasteiger partial charge in [-0.05, 0) is 78.2 Å². The zero-order valence-corrected chi connectivity index (χ0v) is 17.2. The molecule has 0 fully saturated rings. The highest BCUT2D eigenvalue weighted by Gasteiger charge is 2.11. The Morgan fingerprint density at radius 1 is 1.11 bits per heavy atom. The number of nitrogens with one attached hydrogen (secondary N) is 1. The Morgan fingerprint density at radius 3 is 2.33 bits per heavy atom. The molecule has 1 aromatic heterocycles. The van der Waals surface area contributed by atoms with E-state index in [-0.39, 0.29) is 5.91 Å². The first-order chi connectivity index (χ1) is 13.0. The Bertz CT molecular complexity index is 931. The highest BCUT2D eigenvalue weighted by atomic mass is 79.9. The number of benzene rings is 2. The van der Waals surface area contributed by atoms with Crippen molar-refractivity contribution < 1.29 is 9.53 Å². The van der Waals surface area contributed by atoms with Crippen molar-refractivity contribution >= 4 is 21.8 Å². The normalized spacial score (nSPS) is 10.7. The van der Waals surface area contributed by atoms with Crippen LogP contribution in [0, 0.1) is 13.8 Å². The molecule has 1 N–H and O–H groups in total. The molecule has 5 nitrogen and oxygen atoms in total. The molecule has 0 aliphatic carbocycles. The summed E-state index contributed by atoms with van der Waals surface area (Å²) in [6.07, 6.45) is 0.771. The SMILES string of the molecule is COc1ccc(CCNC(=O)c2ccc(-n3nc(C)c(Br)c3C)cc2)cc1. The first kappa shape index (κ1) is 19.2. The van der Waals surface area contributed by atoms with Gasteiger partial charge in [-0.25, -0.2) is 4.68 Å². The van der Waals surface area contributed by atoms with Crippen LogP contribution in [0.25, 0.3) is 5.69 Å². The Kier molecular flexibility index (Phi) is 5.96. The zero-order chi connectivity index (χ0) is 19.4. The minimum atomic E-state index is -0.0791. The van der Waals surface area contributed by atoms with E-state index in [1.807, 2.05) is 67.1 Å². The van der Waals surface area contributed by atoms with E-state index in [9.17, 15) is 4.79 Å². The molecule has 0 saturated carbocycles. The molecule has 0 radical (unpaired) electrons. The van der Waals surface area contributed by atoms with Crippen LogP contribution >= 0.6 is 15.9 Å². The molecule has 140 valence electrons. The molecule has 0 saturated heterocycles. The number of aryl methyl sites for hydroxylation is 1. The number of halogens is 1. The average molecular weight is 428 g/mol. The van der Waals surface area contributed by atoms with Gasteiger partial charge in [0.2, 0.25) is 0 Å². The van der Waals surface area contributed by atoms with E-state index in [0.29, 0.717) is 12.1 Å². The smallest absolute Gasteiger partial charge is 0.251 e. The number of amides is 1. The van der Waals surface area contributed by atoms with Crippen LogP contribution in [0.4, 0.5) is 0 Å². The lowest BCUT2D eigenvalue weighted by Crippen LogP contribution is -2.25. The van der Waals surface area contributed by atoms with Crippen LogP contribution in [-0.2, 0) is 6.42 Å². The molecule has 1 heterocycles. The number of aromatic nitrogens is 2. The molecule has 0 aliphatic heterocycles. The van der Waals surface area contributed by atoms with E-state index in [1.54, 1.807) is 7.11 Å². The third kappa shape index (κ3) is 4.39. The zero-order valence-electron chi connectivity index (χ0n) is 15.6.